The number of hydrogen-bond donors (Lipinski definition) is 0. The second-order valence-corrected chi connectivity index (χ2v) is 9.22. The molecule has 0 saturated carbocycles. The number of fused-ring (bicyclic) bond motifs is 1. The molecule has 1 aromatic heterocycles. The van der Waals surface area contributed by atoms with Gasteiger partial charge < -0.3 is 9.47 Å². The first kappa shape index (κ1) is 18.8. The first-order valence-corrected chi connectivity index (χ1v) is 11.0. The van der Waals surface area contributed by atoms with Gasteiger partial charge in [0.2, 0.25) is 0 Å². The molecular weight excluding hydrogens is 401 g/mol. The summed E-state index contributed by atoms with van der Waals surface area (Å²) in [7, 11) is -3.99. The molecule has 0 unspecified atom stereocenters. The molecule has 0 N–H and O–H groups in total. The third-order valence-electron chi connectivity index (χ3n) is 4.42. The van der Waals surface area contributed by atoms with Crippen molar-refractivity contribution in [2.24, 2.45) is 0 Å². The van der Waals surface area contributed by atoms with Gasteiger partial charge in [-0.2, -0.15) is 0 Å². The number of anilines is 1. The summed E-state index contributed by atoms with van der Waals surface area (Å²) in [6.45, 7) is 2.58. The van der Waals surface area contributed by atoms with Crippen LogP contribution < -0.4 is 13.8 Å². The Kier molecular flexibility index (Phi) is 4.99. The van der Waals surface area contributed by atoms with Gasteiger partial charge >= 0.3 is 0 Å². The number of thiophene rings is 1. The molecule has 2 aromatic carbocycles. The summed E-state index contributed by atoms with van der Waals surface area (Å²) >= 11 is 1.46. The fourth-order valence-corrected chi connectivity index (χ4v) is 5.13. The lowest BCUT2D eigenvalue weighted by atomic mass is 10.2. The number of ether oxygens (including phenoxy) is 2. The summed E-state index contributed by atoms with van der Waals surface area (Å²) in [5.41, 5.74) is 0.821. The van der Waals surface area contributed by atoms with Gasteiger partial charge in [-0.15, -0.1) is 11.3 Å². The van der Waals surface area contributed by atoms with Crippen LogP contribution in [0.3, 0.4) is 0 Å². The zero-order chi connectivity index (χ0) is 19.7. The van der Waals surface area contributed by atoms with Crippen LogP contribution in [0.2, 0.25) is 0 Å². The highest BCUT2D eigenvalue weighted by atomic mass is 32.2. The van der Waals surface area contributed by atoms with Crippen molar-refractivity contribution in [3.63, 3.8) is 0 Å². The Morgan fingerprint density at radius 1 is 1.07 bits per heavy atom. The molecule has 0 atom stereocenters. The summed E-state index contributed by atoms with van der Waals surface area (Å²) in [4.78, 5) is 0.771. The van der Waals surface area contributed by atoms with Gasteiger partial charge in [-0.1, -0.05) is 12.1 Å². The van der Waals surface area contributed by atoms with Crippen LogP contribution >= 0.6 is 11.3 Å². The number of hydrogen-bond acceptors (Lipinski definition) is 5. The van der Waals surface area contributed by atoms with E-state index < -0.39 is 15.8 Å². The molecule has 0 radical (unpaired) electrons. The molecule has 1 aliphatic rings. The Hall–Kier alpha value is -2.58. The number of benzene rings is 2. The van der Waals surface area contributed by atoms with E-state index in [0.29, 0.717) is 36.0 Å². The Labute approximate surface area is 167 Å². The maximum Gasteiger partial charge on any atom is 0.264 e. The predicted octanol–water partition coefficient (Wildman–Crippen LogP) is 4.36. The Bertz CT molecular complexity index is 1100. The smallest absolute Gasteiger partial charge is 0.264 e. The van der Waals surface area contributed by atoms with Crippen molar-refractivity contribution in [2.75, 3.05) is 17.5 Å². The van der Waals surface area contributed by atoms with Gasteiger partial charge in [0.1, 0.15) is 19.0 Å². The molecule has 5 nitrogen and oxygen atoms in total. The van der Waals surface area contributed by atoms with E-state index in [9.17, 15) is 12.8 Å². The molecule has 2 heterocycles. The van der Waals surface area contributed by atoms with Crippen LogP contribution in [0.25, 0.3) is 0 Å². The largest absolute Gasteiger partial charge is 0.486 e. The van der Waals surface area contributed by atoms with E-state index in [2.05, 4.69) is 0 Å². The van der Waals surface area contributed by atoms with E-state index in [4.69, 9.17) is 9.47 Å². The highest BCUT2D eigenvalue weighted by Crippen LogP contribution is 2.36. The number of aryl methyl sites for hydroxylation is 1. The van der Waals surface area contributed by atoms with Gasteiger partial charge in [-0.05, 0) is 48.2 Å². The Morgan fingerprint density at radius 3 is 2.57 bits per heavy atom. The molecule has 0 amide bonds. The summed E-state index contributed by atoms with van der Waals surface area (Å²) < 4.78 is 53.2. The number of halogens is 1. The highest BCUT2D eigenvalue weighted by molar-refractivity contribution is 7.92. The van der Waals surface area contributed by atoms with Gasteiger partial charge in [0.05, 0.1) is 17.1 Å². The Balaban J connectivity index is 1.80. The summed E-state index contributed by atoms with van der Waals surface area (Å²) in [6, 6.07) is 12.7. The van der Waals surface area contributed by atoms with Crippen molar-refractivity contribution >= 4 is 27.0 Å². The maximum absolute atomic E-state index is 14.1. The van der Waals surface area contributed by atoms with Crippen molar-refractivity contribution in [3.05, 3.63) is 70.2 Å². The average molecular weight is 419 g/mol. The highest BCUT2D eigenvalue weighted by Gasteiger charge is 2.27. The minimum Gasteiger partial charge on any atom is -0.486 e. The molecule has 146 valence electrons. The normalized spacial score (nSPS) is 13.4. The monoisotopic (exact) mass is 419 g/mol. The number of nitrogens with zero attached hydrogens (tertiary/aromatic N) is 1. The molecule has 0 bridgehead atoms. The molecule has 0 fully saturated rings. The van der Waals surface area contributed by atoms with Crippen LogP contribution in [0.1, 0.15) is 10.4 Å². The molecule has 4 rings (SSSR count). The molecule has 8 heteroatoms. The Morgan fingerprint density at radius 2 is 1.86 bits per heavy atom. The van der Waals surface area contributed by atoms with Crippen molar-refractivity contribution < 1.29 is 22.3 Å². The SMILES string of the molecule is Cc1ccc(S(=O)(=O)N(Cc2cccs2)c2ccc3c(c2)OCCO3)cc1F. The van der Waals surface area contributed by atoms with Gasteiger partial charge in [-0.25, -0.2) is 12.8 Å². The standard InChI is InChI=1S/C20H18FNO4S2/c1-14-4-6-17(12-18(14)21)28(23,24)22(13-16-3-2-10-27-16)15-5-7-19-20(11-15)26-9-8-25-19/h2-7,10-12H,8-9,13H2,1H3. The maximum atomic E-state index is 14.1. The van der Waals surface area contributed by atoms with Crippen molar-refractivity contribution in [1.82, 2.24) is 0 Å². The average Bonchev–Trinajstić information content (AvgIpc) is 3.21. The second-order valence-electron chi connectivity index (χ2n) is 6.33. The number of sulfonamides is 1. The number of rotatable bonds is 5. The van der Waals surface area contributed by atoms with Gasteiger partial charge in [-0.3, -0.25) is 4.31 Å². The zero-order valence-electron chi connectivity index (χ0n) is 15.1. The van der Waals surface area contributed by atoms with Gasteiger partial charge in [0.15, 0.2) is 11.5 Å². The molecule has 1 aliphatic heterocycles. The van der Waals surface area contributed by atoms with E-state index >= 15 is 0 Å². The van der Waals surface area contributed by atoms with Crippen LogP contribution in [0.5, 0.6) is 11.5 Å². The van der Waals surface area contributed by atoms with E-state index in [-0.39, 0.29) is 11.4 Å². The van der Waals surface area contributed by atoms with Crippen LogP contribution in [0.15, 0.2) is 58.8 Å². The molecule has 0 aliphatic carbocycles. The third-order valence-corrected chi connectivity index (χ3v) is 7.06. The molecular formula is C20H18FNO4S2. The van der Waals surface area contributed by atoms with E-state index in [0.717, 1.165) is 10.9 Å². The van der Waals surface area contributed by atoms with Crippen LogP contribution in [0, 0.1) is 12.7 Å². The molecule has 28 heavy (non-hydrogen) atoms. The van der Waals surface area contributed by atoms with Crippen LogP contribution in [-0.2, 0) is 16.6 Å². The second kappa shape index (κ2) is 7.44. The molecule has 3 aromatic rings. The lowest BCUT2D eigenvalue weighted by Crippen LogP contribution is -2.30. The summed E-state index contributed by atoms with van der Waals surface area (Å²) in [5.74, 6) is 0.509. The van der Waals surface area contributed by atoms with Crippen LogP contribution in [-0.4, -0.2) is 21.6 Å². The quantitative estimate of drug-likeness (QED) is 0.617. The lowest BCUT2D eigenvalue weighted by Gasteiger charge is -2.26. The van der Waals surface area contributed by atoms with E-state index in [1.54, 1.807) is 25.1 Å². The molecule has 0 saturated heterocycles. The summed E-state index contributed by atoms with van der Waals surface area (Å²) in [5, 5.41) is 1.88. The molecule has 0 spiro atoms. The minimum absolute atomic E-state index is 0.0953. The fourth-order valence-electron chi connectivity index (χ4n) is 2.91. The topological polar surface area (TPSA) is 55.8 Å². The van der Waals surface area contributed by atoms with Gasteiger partial charge in [0, 0.05) is 10.9 Å². The minimum atomic E-state index is -3.99. The fraction of sp³-hybridized carbons (Fsp3) is 0.200. The first-order chi connectivity index (χ1) is 13.4. The first-order valence-electron chi connectivity index (χ1n) is 8.66. The van der Waals surface area contributed by atoms with E-state index in [1.807, 2.05) is 17.5 Å². The third kappa shape index (κ3) is 3.57. The van der Waals surface area contributed by atoms with Gasteiger partial charge in [0.25, 0.3) is 10.0 Å². The van der Waals surface area contributed by atoms with Crippen molar-refractivity contribution in [3.8, 4) is 11.5 Å². The lowest BCUT2D eigenvalue weighted by molar-refractivity contribution is 0.171. The van der Waals surface area contributed by atoms with Crippen molar-refractivity contribution in [1.29, 1.82) is 0 Å². The van der Waals surface area contributed by atoms with Crippen molar-refractivity contribution in [2.45, 2.75) is 18.4 Å². The predicted molar refractivity (Wildman–Crippen MR) is 106 cm³/mol. The van der Waals surface area contributed by atoms with Crippen LogP contribution in [0.4, 0.5) is 10.1 Å². The summed E-state index contributed by atoms with van der Waals surface area (Å²) in [6.07, 6.45) is 0. The van der Waals surface area contributed by atoms with E-state index in [1.165, 1.54) is 27.8 Å². The zero-order valence-corrected chi connectivity index (χ0v) is 16.7.